The third-order valence-electron chi connectivity index (χ3n) is 2.87. The zero-order valence-corrected chi connectivity index (χ0v) is 11.1. The number of hydrogen-bond acceptors (Lipinski definition) is 4. The van der Waals surface area contributed by atoms with E-state index in [1.165, 1.54) is 0 Å². The summed E-state index contributed by atoms with van der Waals surface area (Å²) in [4.78, 5) is 12.0. The number of furan rings is 1. The molecule has 1 aliphatic rings. The largest absolute Gasteiger partial charge is 0.472 e. The lowest BCUT2D eigenvalue weighted by atomic mass is 10.1. The Morgan fingerprint density at radius 3 is 2.94 bits per heavy atom. The smallest absolute Gasteiger partial charge is 0.151 e. The molecule has 0 bridgehead atoms. The molecule has 3 unspecified atom stereocenters. The second kappa shape index (κ2) is 5.32. The van der Waals surface area contributed by atoms with Crippen molar-refractivity contribution in [2.24, 2.45) is 0 Å². The Morgan fingerprint density at radius 2 is 2.31 bits per heavy atom. The first-order valence-electron chi connectivity index (χ1n) is 5.47. The summed E-state index contributed by atoms with van der Waals surface area (Å²) in [7, 11) is 0. The summed E-state index contributed by atoms with van der Waals surface area (Å²) in [5.74, 6) is 1.28. The van der Waals surface area contributed by atoms with E-state index in [4.69, 9.17) is 4.42 Å². The average molecular weight is 256 g/mol. The third kappa shape index (κ3) is 2.86. The molecule has 1 aliphatic heterocycles. The van der Waals surface area contributed by atoms with Gasteiger partial charge in [0.05, 0.1) is 17.8 Å². The van der Waals surface area contributed by atoms with Crippen molar-refractivity contribution >= 4 is 29.3 Å². The van der Waals surface area contributed by atoms with Crippen molar-refractivity contribution in [3.8, 4) is 0 Å². The predicted octanol–water partition coefficient (Wildman–Crippen LogP) is 3.02. The third-order valence-corrected chi connectivity index (χ3v) is 6.31. The molecule has 0 radical (unpaired) electrons. The van der Waals surface area contributed by atoms with E-state index in [-0.39, 0.29) is 5.25 Å². The van der Waals surface area contributed by atoms with Gasteiger partial charge in [-0.1, -0.05) is 13.8 Å². The van der Waals surface area contributed by atoms with Crippen LogP contribution >= 0.6 is 23.5 Å². The number of thioether (sulfide) groups is 2. The van der Waals surface area contributed by atoms with Crippen LogP contribution in [0.2, 0.25) is 0 Å². The van der Waals surface area contributed by atoms with E-state index in [1.807, 2.05) is 29.6 Å². The lowest BCUT2D eigenvalue weighted by molar-refractivity contribution is -0.117. The van der Waals surface area contributed by atoms with Crippen molar-refractivity contribution in [3.63, 3.8) is 0 Å². The molecule has 2 heterocycles. The minimum atomic E-state index is 0.158. The maximum atomic E-state index is 12.0. The predicted molar refractivity (Wildman–Crippen MR) is 70.2 cm³/mol. The average Bonchev–Trinajstić information content (AvgIpc) is 2.74. The molecule has 0 amide bonds. The fraction of sp³-hybridized carbons (Fsp3) is 0.583. The van der Waals surface area contributed by atoms with Crippen molar-refractivity contribution in [2.45, 2.75) is 36.0 Å². The molecule has 1 aromatic rings. The van der Waals surface area contributed by atoms with Gasteiger partial charge in [0.1, 0.15) is 0 Å². The summed E-state index contributed by atoms with van der Waals surface area (Å²) in [6.45, 7) is 4.44. The summed E-state index contributed by atoms with van der Waals surface area (Å²) >= 11 is 3.73. The van der Waals surface area contributed by atoms with Crippen molar-refractivity contribution in [2.75, 3.05) is 5.75 Å². The highest BCUT2D eigenvalue weighted by atomic mass is 32.2. The zero-order valence-electron chi connectivity index (χ0n) is 9.51. The van der Waals surface area contributed by atoms with Gasteiger partial charge in [-0.15, -0.1) is 11.8 Å². The standard InChI is InChI=1S/C12H16O2S2/c1-8-9(2)16-12(7-15-8)11(13)5-10-3-4-14-6-10/h3-4,6,8-9,12H,5,7H2,1-2H3. The highest BCUT2D eigenvalue weighted by Gasteiger charge is 2.30. The van der Waals surface area contributed by atoms with Crippen molar-refractivity contribution in [1.82, 2.24) is 0 Å². The molecule has 3 atom stereocenters. The lowest BCUT2D eigenvalue weighted by Gasteiger charge is -2.30. The first-order chi connectivity index (χ1) is 7.66. The SMILES string of the molecule is CC1SCC(C(=O)Cc2ccoc2)SC1C. The molecule has 2 rings (SSSR count). The van der Waals surface area contributed by atoms with E-state index in [0.717, 1.165) is 11.3 Å². The number of Topliss-reactive ketones (excluding diaryl/α,β-unsaturated/α-hetero) is 1. The molecule has 88 valence electrons. The minimum absolute atomic E-state index is 0.158. The fourth-order valence-corrected chi connectivity index (χ4v) is 4.55. The van der Waals surface area contributed by atoms with Crippen molar-refractivity contribution < 1.29 is 9.21 Å². The van der Waals surface area contributed by atoms with Crippen LogP contribution in [0.4, 0.5) is 0 Å². The summed E-state index contributed by atoms with van der Waals surface area (Å²) in [5, 5.41) is 1.38. The van der Waals surface area contributed by atoms with Crippen LogP contribution in [0.25, 0.3) is 0 Å². The summed E-state index contributed by atoms with van der Waals surface area (Å²) in [5.41, 5.74) is 0.988. The molecule has 0 saturated carbocycles. The lowest BCUT2D eigenvalue weighted by Crippen LogP contribution is -2.32. The van der Waals surface area contributed by atoms with E-state index in [0.29, 0.717) is 22.7 Å². The fourth-order valence-electron chi connectivity index (χ4n) is 1.66. The van der Waals surface area contributed by atoms with Gasteiger partial charge >= 0.3 is 0 Å². The van der Waals surface area contributed by atoms with Gasteiger partial charge in [-0.2, -0.15) is 11.8 Å². The van der Waals surface area contributed by atoms with E-state index in [2.05, 4.69) is 13.8 Å². The number of hydrogen-bond donors (Lipinski definition) is 0. The molecular weight excluding hydrogens is 240 g/mol. The Hall–Kier alpha value is -0.350. The van der Waals surface area contributed by atoms with Gasteiger partial charge in [-0.05, 0) is 11.6 Å². The van der Waals surface area contributed by atoms with Crippen LogP contribution in [0.3, 0.4) is 0 Å². The van der Waals surface area contributed by atoms with E-state index < -0.39 is 0 Å². The highest BCUT2D eigenvalue weighted by molar-refractivity contribution is 8.08. The maximum absolute atomic E-state index is 12.0. The van der Waals surface area contributed by atoms with Crippen LogP contribution in [0.15, 0.2) is 23.0 Å². The van der Waals surface area contributed by atoms with Gasteiger partial charge in [-0.25, -0.2) is 0 Å². The van der Waals surface area contributed by atoms with Gasteiger partial charge in [-0.3, -0.25) is 4.79 Å². The Labute approximate surface area is 105 Å². The molecule has 1 aromatic heterocycles. The Morgan fingerprint density at radius 1 is 1.50 bits per heavy atom. The monoisotopic (exact) mass is 256 g/mol. The molecule has 0 aromatic carbocycles. The number of carbonyl (C=O) groups excluding carboxylic acids is 1. The van der Waals surface area contributed by atoms with Crippen LogP contribution in [0.1, 0.15) is 19.4 Å². The molecule has 0 aliphatic carbocycles. The molecule has 0 N–H and O–H groups in total. The Balaban J connectivity index is 1.90. The van der Waals surface area contributed by atoms with Crippen LogP contribution < -0.4 is 0 Å². The van der Waals surface area contributed by atoms with Gasteiger partial charge in [0.25, 0.3) is 0 Å². The van der Waals surface area contributed by atoms with Crippen LogP contribution in [0, 0.1) is 0 Å². The quantitative estimate of drug-likeness (QED) is 0.831. The second-order valence-electron chi connectivity index (χ2n) is 4.14. The van der Waals surface area contributed by atoms with E-state index in [9.17, 15) is 4.79 Å². The first kappa shape index (κ1) is 12.1. The molecule has 4 heteroatoms. The summed E-state index contributed by atoms with van der Waals surface area (Å²) in [6.07, 6.45) is 3.79. The first-order valence-corrected chi connectivity index (χ1v) is 7.47. The molecule has 0 spiro atoms. The van der Waals surface area contributed by atoms with Crippen LogP contribution in [-0.4, -0.2) is 27.3 Å². The number of rotatable bonds is 3. The normalized spacial score (nSPS) is 30.2. The highest BCUT2D eigenvalue weighted by Crippen LogP contribution is 2.36. The minimum Gasteiger partial charge on any atom is -0.472 e. The Kier molecular flexibility index (Phi) is 4.03. The zero-order chi connectivity index (χ0) is 11.5. The number of ketones is 1. The van der Waals surface area contributed by atoms with E-state index in [1.54, 1.807) is 12.5 Å². The topological polar surface area (TPSA) is 30.2 Å². The van der Waals surface area contributed by atoms with Crippen molar-refractivity contribution in [1.29, 1.82) is 0 Å². The van der Waals surface area contributed by atoms with E-state index >= 15 is 0 Å². The maximum Gasteiger partial charge on any atom is 0.151 e. The summed E-state index contributed by atoms with van der Waals surface area (Å²) < 4.78 is 4.98. The van der Waals surface area contributed by atoms with Gasteiger partial charge < -0.3 is 4.42 Å². The van der Waals surface area contributed by atoms with Crippen LogP contribution in [0.5, 0.6) is 0 Å². The van der Waals surface area contributed by atoms with Gasteiger partial charge in [0.15, 0.2) is 5.78 Å². The molecule has 16 heavy (non-hydrogen) atoms. The van der Waals surface area contributed by atoms with Gasteiger partial charge in [0, 0.05) is 22.7 Å². The molecule has 2 nitrogen and oxygen atoms in total. The molecule has 1 fully saturated rings. The summed E-state index contributed by atoms with van der Waals surface area (Å²) in [6, 6.07) is 1.87. The molecule has 1 saturated heterocycles. The van der Waals surface area contributed by atoms with Crippen LogP contribution in [-0.2, 0) is 11.2 Å². The second-order valence-corrected chi connectivity index (χ2v) is 7.14. The van der Waals surface area contributed by atoms with Gasteiger partial charge in [0.2, 0.25) is 0 Å². The van der Waals surface area contributed by atoms with Crippen molar-refractivity contribution in [3.05, 3.63) is 24.2 Å². The number of carbonyl (C=O) groups is 1. The molecular formula is C12H16O2S2. The Bertz CT molecular complexity index is 348.